The fourth-order valence-electron chi connectivity index (χ4n) is 1.70. The van der Waals surface area contributed by atoms with Gasteiger partial charge in [0.1, 0.15) is 0 Å². The number of carbonyl (C=O) groups excluding carboxylic acids is 1. The van der Waals surface area contributed by atoms with Gasteiger partial charge < -0.3 is 9.73 Å². The summed E-state index contributed by atoms with van der Waals surface area (Å²) < 4.78 is 5.52. The number of thioether (sulfide) groups is 1. The third-order valence-electron chi connectivity index (χ3n) is 2.67. The van der Waals surface area contributed by atoms with Crippen molar-refractivity contribution in [2.24, 2.45) is 0 Å². The van der Waals surface area contributed by atoms with E-state index in [4.69, 9.17) is 16.0 Å². The maximum atomic E-state index is 11.8. The number of aromatic nitrogens is 3. The second-order valence-electron chi connectivity index (χ2n) is 4.51. The molecule has 3 rings (SSSR count). The molecule has 0 aliphatic heterocycles. The fraction of sp³-hybridized carbons (Fsp3) is 0.143. The molecular formula is C14H11ClN4O2S2. The molecule has 0 saturated heterocycles. The minimum Gasteiger partial charge on any atom is -0.411 e. The van der Waals surface area contributed by atoms with Crippen LogP contribution in [0.5, 0.6) is 0 Å². The van der Waals surface area contributed by atoms with E-state index in [1.165, 1.54) is 23.1 Å². The van der Waals surface area contributed by atoms with Crippen molar-refractivity contribution in [2.75, 3.05) is 11.1 Å². The van der Waals surface area contributed by atoms with Gasteiger partial charge in [-0.15, -0.1) is 21.5 Å². The molecule has 1 aromatic carbocycles. The van der Waals surface area contributed by atoms with E-state index in [0.717, 1.165) is 11.3 Å². The van der Waals surface area contributed by atoms with Crippen molar-refractivity contribution in [1.82, 2.24) is 15.2 Å². The number of nitrogens with one attached hydrogen (secondary N) is 1. The largest absolute Gasteiger partial charge is 0.411 e. The molecule has 9 heteroatoms. The van der Waals surface area contributed by atoms with Gasteiger partial charge in [0.25, 0.3) is 5.22 Å². The Morgan fingerprint density at radius 1 is 1.43 bits per heavy atom. The summed E-state index contributed by atoms with van der Waals surface area (Å²) in [5.74, 6) is 0.355. The average molecular weight is 367 g/mol. The molecule has 6 nitrogen and oxygen atoms in total. The molecule has 23 heavy (non-hydrogen) atoms. The number of thiazole rings is 1. The molecule has 3 aromatic rings. The number of carbonyl (C=O) groups is 1. The zero-order valence-electron chi connectivity index (χ0n) is 11.9. The zero-order chi connectivity index (χ0) is 16.2. The van der Waals surface area contributed by atoms with Crippen molar-refractivity contribution in [3.05, 3.63) is 40.4 Å². The number of hydrogen-bond donors (Lipinski definition) is 1. The molecule has 0 fully saturated rings. The van der Waals surface area contributed by atoms with Crippen LogP contribution in [0.2, 0.25) is 5.02 Å². The first-order valence-electron chi connectivity index (χ1n) is 6.54. The van der Waals surface area contributed by atoms with Crippen LogP contribution in [0.3, 0.4) is 0 Å². The Bertz CT molecular complexity index is 834. The zero-order valence-corrected chi connectivity index (χ0v) is 14.3. The Morgan fingerprint density at radius 3 is 3.04 bits per heavy atom. The molecule has 0 aliphatic carbocycles. The summed E-state index contributed by atoms with van der Waals surface area (Å²) in [7, 11) is 0. The molecule has 2 heterocycles. The number of nitrogens with zero attached hydrogens (tertiary/aromatic N) is 3. The summed E-state index contributed by atoms with van der Waals surface area (Å²) in [6.45, 7) is 1.87. The van der Waals surface area contributed by atoms with Gasteiger partial charge in [-0.2, -0.15) is 0 Å². The number of hydrogen-bond acceptors (Lipinski definition) is 7. The van der Waals surface area contributed by atoms with Crippen LogP contribution in [0.1, 0.15) is 5.69 Å². The van der Waals surface area contributed by atoms with E-state index in [1.807, 2.05) is 18.4 Å². The van der Waals surface area contributed by atoms with E-state index < -0.39 is 0 Å². The highest BCUT2D eigenvalue weighted by Crippen LogP contribution is 2.25. The summed E-state index contributed by atoms with van der Waals surface area (Å²) >= 11 is 8.48. The van der Waals surface area contributed by atoms with Gasteiger partial charge >= 0.3 is 0 Å². The molecular weight excluding hydrogens is 356 g/mol. The smallest absolute Gasteiger partial charge is 0.277 e. The molecule has 1 amide bonds. The van der Waals surface area contributed by atoms with Gasteiger partial charge in [-0.1, -0.05) is 29.4 Å². The van der Waals surface area contributed by atoms with Crippen molar-refractivity contribution < 1.29 is 9.21 Å². The van der Waals surface area contributed by atoms with Gasteiger partial charge in [0.2, 0.25) is 11.8 Å². The van der Waals surface area contributed by atoms with Gasteiger partial charge in [0.15, 0.2) is 5.13 Å². The van der Waals surface area contributed by atoms with Gasteiger partial charge in [-0.25, -0.2) is 4.98 Å². The Kier molecular flexibility index (Phi) is 4.94. The van der Waals surface area contributed by atoms with E-state index in [1.54, 1.807) is 18.2 Å². The molecule has 0 saturated carbocycles. The number of aryl methyl sites for hydroxylation is 1. The number of rotatable bonds is 5. The minimum absolute atomic E-state index is 0.163. The van der Waals surface area contributed by atoms with Crippen LogP contribution in [0, 0.1) is 6.92 Å². The number of amides is 1. The second kappa shape index (κ2) is 7.12. The van der Waals surface area contributed by atoms with Gasteiger partial charge in [-0.3, -0.25) is 4.79 Å². The molecule has 0 unspecified atom stereocenters. The average Bonchev–Trinajstić information content (AvgIpc) is 3.14. The molecule has 1 N–H and O–H groups in total. The monoisotopic (exact) mass is 366 g/mol. The Hall–Kier alpha value is -1.90. The molecule has 0 atom stereocenters. The topological polar surface area (TPSA) is 80.9 Å². The van der Waals surface area contributed by atoms with Gasteiger partial charge in [-0.05, 0) is 25.1 Å². The molecule has 118 valence electrons. The number of benzene rings is 1. The van der Waals surface area contributed by atoms with Crippen molar-refractivity contribution in [3.8, 4) is 11.5 Å². The van der Waals surface area contributed by atoms with Gasteiger partial charge in [0.05, 0.1) is 11.4 Å². The molecule has 0 bridgehead atoms. The maximum absolute atomic E-state index is 11.8. The van der Waals surface area contributed by atoms with Crippen LogP contribution in [0.15, 0.2) is 39.3 Å². The van der Waals surface area contributed by atoms with Crippen LogP contribution >= 0.6 is 34.7 Å². The lowest BCUT2D eigenvalue weighted by Gasteiger charge is -1.98. The number of halogens is 1. The predicted octanol–water partition coefficient (Wildman–Crippen LogP) is 3.89. The van der Waals surface area contributed by atoms with Crippen molar-refractivity contribution in [2.45, 2.75) is 12.1 Å². The fourth-order valence-corrected chi connectivity index (χ4v) is 3.16. The van der Waals surface area contributed by atoms with Crippen LogP contribution in [-0.4, -0.2) is 26.8 Å². The SMILES string of the molecule is Cc1csc(NC(=O)CSc2nnc(-c3cccc(Cl)c3)o2)n1. The van der Waals surface area contributed by atoms with Crippen molar-refractivity contribution in [1.29, 1.82) is 0 Å². The van der Waals surface area contributed by atoms with E-state index in [-0.39, 0.29) is 11.7 Å². The second-order valence-corrected chi connectivity index (χ2v) is 6.74. The Balaban J connectivity index is 1.58. The normalized spacial score (nSPS) is 10.7. The van der Waals surface area contributed by atoms with E-state index in [2.05, 4.69) is 20.5 Å². The first-order chi connectivity index (χ1) is 11.1. The Morgan fingerprint density at radius 2 is 2.30 bits per heavy atom. The molecule has 0 radical (unpaired) electrons. The third kappa shape index (κ3) is 4.31. The molecule has 0 aliphatic rings. The first-order valence-corrected chi connectivity index (χ1v) is 8.79. The van der Waals surface area contributed by atoms with Crippen molar-refractivity contribution >= 4 is 45.7 Å². The quantitative estimate of drug-likeness (QED) is 0.690. The highest BCUT2D eigenvalue weighted by Gasteiger charge is 2.12. The van der Waals surface area contributed by atoms with Gasteiger partial charge in [0, 0.05) is 16.0 Å². The van der Waals surface area contributed by atoms with Crippen LogP contribution < -0.4 is 5.32 Å². The summed E-state index contributed by atoms with van der Waals surface area (Å²) in [5, 5.41) is 14.0. The Labute approximate surface area is 145 Å². The highest BCUT2D eigenvalue weighted by atomic mass is 35.5. The summed E-state index contributed by atoms with van der Waals surface area (Å²) in [4.78, 5) is 16.0. The third-order valence-corrected chi connectivity index (χ3v) is 4.60. The van der Waals surface area contributed by atoms with Crippen molar-refractivity contribution in [3.63, 3.8) is 0 Å². The van der Waals surface area contributed by atoms with E-state index in [9.17, 15) is 4.79 Å². The van der Waals surface area contributed by atoms with Crippen LogP contribution in [0.25, 0.3) is 11.5 Å². The molecule has 0 spiro atoms. The molecule has 2 aromatic heterocycles. The predicted molar refractivity (Wildman–Crippen MR) is 90.9 cm³/mol. The highest BCUT2D eigenvalue weighted by molar-refractivity contribution is 7.99. The lowest BCUT2D eigenvalue weighted by Crippen LogP contribution is -2.13. The van der Waals surface area contributed by atoms with E-state index >= 15 is 0 Å². The summed E-state index contributed by atoms with van der Waals surface area (Å²) in [6, 6.07) is 7.13. The summed E-state index contributed by atoms with van der Waals surface area (Å²) in [6.07, 6.45) is 0. The summed E-state index contributed by atoms with van der Waals surface area (Å²) in [5.41, 5.74) is 1.61. The standard InChI is InChI=1S/C14H11ClN4O2S2/c1-8-6-22-13(16-8)17-11(20)7-23-14-19-18-12(21-14)9-3-2-4-10(15)5-9/h2-6H,7H2,1H3,(H,16,17,20). The lowest BCUT2D eigenvalue weighted by molar-refractivity contribution is -0.113. The van der Waals surface area contributed by atoms with Crippen LogP contribution in [0.4, 0.5) is 5.13 Å². The first kappa shape index (κ1) is 16.0. The maximum Gasteiger partial charge on any atom is 0.277 e. The number of anilines is 1. The van der Waals surface area contributed by atoms with Crippen LogP contribution in [-0.2, 0) is 4.79 Å². The lowest BCUT2D eigenvalue weighted by atomic mass is 10.2. The minimum atomic E-state index is -0.174. The van der Waals surface area contributed by atoms with E-state index in [0.29, 0.717) is 21.3 Å².